The van der Waals surface area contributed by atoms with Crippen molar-refractivity contribution in [2.45, 2.75) is 88.3 Å². The lowest BCUT2D eigenvalue weighted by molar-refractivity contribution is -0.149. The third kappa shape index (κ3) is 10.7. The highest BCUT2D eigenvalue weighted by molar-refractivity contribution is 7.61. The highest BCUT2D eigenvalue weighted by Gasteiger charge is 2.56. The molecule has 71 heavy (non-hydrogen) atoms. The fourth-order valence-corrected chi connectivity index (χ4v) is 10.8. The maximum atomic E-state index is 13.5. The number of benzene rings is 2. The summed E-state index contributed by atoms with van der Waals surface area (Å²) in [5.41, 5.74) is 2.83. The number of nitrogens with zero attached hydrogens (tertiary/aromatic N) is 8. The number of carbonyl (C=O) groups excluding carboxylic acids is 2. The van der Waals surface area contributed by atoms with Crippen LogP contribution in [0.15, 0.2) is 86.0 Å². The summed E-state index contributed by atoms with van der Waals surface area (Å²) in [5, 5.41) is 10.5. The second-order valence-electron chi connectivity index (χ2n) is 16.4. The minimum Gasteiger partial charge on any atom is -0.347 e. The average molecular weight is 1020 g/mol. The molecular formula is C42H48N12O15P2. The number of ether oxygens (including phenoxy) is 6. The molecule has 10 rings (SSSR count). The van der Waals surface area contributed by atoms with Crippen molar-refractivity contribution in [1.29, 1.82) is 0 Å². The molecule has 4 aromatic heterocycles. The predicted octanol–water partition coefficient (Wildman–Crippen LogP) is 3.70. The van der Waals surface area contributed by atoms with Crippen LogP contribution in [0.25, 0.3) is 22.3 Å². The smallest absolute Gasteiger partial charge is 0.347 e. The van der Waals surface area contributed by atoms with Gasteiger partial charge in [-0.15, -0.1) is 0 Å². The van der Waals surface area contributed by atoms with Gasteiger partial charge in [-0.05, 0) is 25.0 Å². The number of amides is 4. The van der Waals surface area contributed by atoms with E-state index in [1.54, 1.807) is 23.0 Å². The summed E-state index contributed by atoms with van der Waals surface area (Å²) in [6, 6.07) is 17.9. The Labute approximate surface area is 403 Å². The van der Waals surface area contributed by atoms with Crippen molar-refractivity contribution >= 4 is 61.7 Å². The Kier molecular flexibility index (Phi) is 14.2. The van der Waals surface area contributed by atoms with Crippen LogP contribution in [0, 0.1) is 0 Å². The molecule has 6 aromatic rings. The van der Waals surface area contributed by atoms with Gasteiger partial charge in [0.25, 0.3) is 0 Å². The molecule has 7 unspecified atom stereocenters. The lowest BCUT2D eigenvalue weighted by Crippen LogP contribution is -2.32. The molecular weight excluding hydrogens is 974 g/mol. The van der Waals surface area contributed by atoms with Crippen LogP contribution >= 0.6 is 15.6 Å². The molecule has 0 spiro atoms. The zero-order valence-electron chi connectivity index (χ0n) is 37.8. The molecule has 8 heterocycles. The molecule has 4 aliphatic heterocycles. The van der Waals surface area contributed by atoms with E-state index in [1.807, 2.05) is 60.7 Å². The third-order valence-electron chi connectivity index (χ3n) is 11.7. The second kappa shape index (κ2) is 20.7. The molecule has 0 saturated carbocycles. The first kappa shape index (κ1) is 48.7. The Hall–Kier alpha value is -5.90. The lowest BCUT2D eigenvalue weighted by Gasteiger charge is -2.23. The molecule has 4 aliphatic rings. The Balaban J connectivity index is 0.826. The van der Waals surface area contributed by atoms with Gasteiger partial charge in [-0.25, -0.2) is 48.6 Å². The number of nitrogens with one attached hydrogen (secondary N) is 4. The maximum Gasteiger partial charge on any atom is 0.481 e. The van der Waals surface area contributed by atoms with E-state index < -0.39 is 103 Å². The first-order valence-electron chi connectivity index (χ1n) is 22.5. The topological polar surface area (TPSA) is 327 Å². The number of anilines is 2. The fraction of sp³-hybridized carbons (Fsp3) is 0.429. The Morgan fingerprint density at radius 2 is 1.00 bits per heavy atom. The number of fused-ring (bicyclic) bond motifs is 4. The van der Waals surface area contributed by atoms with Gasteiger partial charge in [0.1, 0.15) is 49.3 Å². The number of imidazole rings is 2. The Morgan fingerprint density at radius 3 is 1.41 bits per heavy atom. The van der Waals surface area contributed by atoms with Crippen LogP contribution in [0.4, 0.5) is 21.2 Å². The van der Waals surface area contributed by atoms with E-state index in [0.717, 1.165) is 11.1 Å². The molecule has 2 aromatic carbocycles. The number of phosphoric acid groups is 2. The van der Waals surface area contributed by atoms with Crippen LogP contribution in [0.1, 0.15) is 37.4 Å². The lowest BCUT2D eigenvalue weighted by atomic mass is 10.1. The molecule has 4 amide bonds. The van der Waals surface area contributed by atoms with Crippen molar-refractivity contribution in [1.82, 2.24) is 49.7 Å². The van der Waals surface area contributed by atoms with Crippen LogP contribution in [0.2, 0.25) is 0 Å². The molecule has 6 N–H and O–H groups in total. The molecule has 0 aliphatic carbocycles. The normalized spacial score (nSPS) is 27.5. The second-order valence-corrected chi connectivity index (χ2v) is 19.5. The van der Waals surface area contributed by atoms with Crippen LogP contribution in [0.3, 0.4) is 0 Å². The zero-order valence-corrected chi connectivity index (χ0v) is 39.6. The average Bonchev–Trinajstić information content (AvgIpc) is 4.21. The first-order valence-corrected chi connectivity index (χ1v) is 25.5. The van der Waals surface area contributed by atoms with E-state index >= 15 is 0 Å². The minimum absolute atomic E-state index is 0.133. The van der Waals surface area contributed by atoms with E-state index in [4.69, 9.17) is 41.8 Å². The highest BCUT2D eigenvalue weighted by Crippen LogP contribution is 2.61. The van der Waals surface area contributed by atoms with Crippen molar-refractivity contribution in [3.8, 4) is 0 Å². The largest absolute Gasteiger partial charge is 0.481 e. The molecule has 27 nitrogen and oxygen atoms in total. The summed E-state index contributed by atoms with van der Waals surface area (Å²) in [6.07, 6.45) is -3.27. The van der Waals surface area contributed by atoms with Crippen molar-refractivity contribution in [3.05, 3.63) is 97.1 Å². The fourth-order valence-electron chi connectivity index (χ4n) is 8.72. The summed E-state index contributed by atoms with van der Waals surface area (Å²) in [5.74, 6) is 0.265. The minimum atomic E-state index is -5.41. The number of hydrogen-bond acceptors (Lipinski definition) is 19. The molecule has 12 atom stereocenters. The quantitative estimate of drug-likeness (QED) is 0.0668. The standard InChI is InChI=1S/C42H48N12O15P2/c1-3-43-41(55)51-35-29-37(47-19-45-35)53(21-49-29)39-33-31(65-27(67-33)15-23-11-7-5-8-12-23)25(63-39)17-61-70(57,58)69-71(59,60)62-18-26-32-34(68-28(66-32)16-24-13-9-6-10-14-24)40(64-26)54-22-50-30-36(46-20-48-38(30)54)52-42(56)44-4-2/h5-14,19-22,25-28,31-34,39-40H,3-4,15-18H2,1-2H3,(H,57,58)(H,59,60)(H2,43,45,47,51,55)(H2,44,46,48,52,56)/t25-,26-,27?,28?,31?,32?,33+,34?,39-,40-/m1/s1. The van der Waals surface area contributed by atoms with Gasteiger partial charge in [-0.2, -0.15) is 4.31 Å². The van der Waals surface area contributed by atoms with Gasteiger partial charge < -0.3 is 48.8 Å². The van der Waals surface area contributed by atoms with Crippen LogP contribution in [-0.4, -0.2) is 136 Å². The molecule has 4 fully saturated rings. The van der Waals surface area contributed by atoms with Crippen LogP contribution in [-0.2, 0) is 63.8 Å². The molecule has 0 radical (unpaired) electrons. The van der Waals surface area contributed by atoms with Crippen molar-refractivity contribution < 1.29 is 70.3 Å². The molecule has 4 saturated heterocycles. The van der Waals surface area contributed by atoms with Gasteiger partial charge in [-0.1, -0.05) is 60.7 Å². The number of urea groups is 2. The van der Waals surface area contributed by atoms with Crippen molar-refractivity contribution in [2.24, 2.45) is 0 Å². The third-order valence-corrected chi connectivity index (χ3v) is 14.3. The number of aromatic nitrogens is 8. The van der Waals surface area contributed by atoms with Gasteiger partial charge in [0.2, 0.25) is 0 Å². The summed E-state index contributed by atoms with van der Waals surface area (Å²) in [6.45, 7) is 2.90. The van der Waals surface area contributed by atoms with E-state index in [-0.39, 0.29) is 34.0 Å². The van der Waals surface area contributed by atoms with Gasteiger partial charge in [0.15, 0.2) is 59.0 Å². The summed E-state index contributed by atoms with van der Waals surface area (Å²) >= 11 is 0. The van der Waals surface area contributed by atoms with Crippen LogP contribution in [0.5, 0.6) is 0 Å². The monoisotopic (exact) mass is 1020 g/mol. The van der Waals surface area contributed by atoms with E-state index in [1.165, 1.54) is 25.3 Å². The number of rotatable bonds is 18. The maximum absolute atomic E-state index is 13.5. The first-order chi connectivity index (χ1) is 34.3. The Bertz CT molecular complexity index is 2760. The van der Waals surface area contributed by atoms with Gasteiger partial charge in [0.05, 0.1) is 25.9 Å². The van der Waals surface area contributed by atoms with E-state index in [9.17, 15) is 28.5 Å². The summed E-state index contributed by atoms with van der Waals surface area (Å²) in [7, 11) is -10.8. The summed E-state index contributed by atoms with van der Waals surface area (Å²) < 4.78 is 83.4. The molecule has 376 valence electrons. The van der Waals surface area contributed by atoms with Crippen LogP contribution < -0.4 is 21.3 Å². The highest BCUT2D eigenvalue weighted by atomic mass is 31.3. The zero-order chi connectivity index (χ0) is 49.3. The number of hydrogen-bond donors (Lipinski definition) is 6. The number of phosphoric ester groups is 2. The molecule has 0 bridgehead atoms. The predicted molar refractivity (Wildman–Crippen MR) is 244 cm³/mol. The van der Waals surface area contributed by atoms with E-state index in [0.29, 0.717) is 25.9 Å². The van der Waals surface area contributed by atoms with Gasteiger partial charge >= 0.3 is 27.7 Å². The number of carbonyl (C=O) groups is 2. The van der Waals surface area contributed by atoms with Crippen molar-refractivity contribution in [2.75, 3.05) is 36.9 Å². The van der Waals surface area contributed by atoms with Crippen molar-refractivity contribution in [3.63, 3.8) is 0 Å². The van der Waals surface area contributed by atoms with Gasteiger partial charge in [0, 0.05) is 25.9 Å². The SMILES string of the molecule is CCNC(=O)Nc1ncnc2c1ncn2[C@@H]1O[C@H](COP(=O)(O)OP(=O)(O)OC[C@H]2O[C@@H](n3cnc4c(NC(=O)NCC)ncnc43)[C@H]3OC(Cc4ccccc4)OC23)C2OC(Cc3ccccc3)OC21. The summed E-state index contributed by atoms with van der Waals surface area (Å²) in [4.78, 5) is 72.4. The molecule has 29 heteroatoms. The van der Waals surface area contributed by atoms with E-state index in [2.05, 4.69) is 51.2 Å². The van der Waals surface area contributed by atoms with Gasteiger partial charge in [-0.3, -0.25) is 28.8 Å². The Morgan fingerprint density at radius 1 is 0.592 bits per heavy atom.